The van der Waals surface area contributed by atoms with Crippen molar-refractivity contribution in [1.82, 2.24) is 9.88 Å². The van der Waals surface area contributed by atoms with Gasteiger partial charge in [-0.3, -0.25) is 0 Å². The molecule has 84 valence electrons. The molecule has 0 aliphatic heterocycles. The maximum absolute atomic E-state index is 5.59. The maximum atomic E-state index is 5.59. The van der Waals surface area contributed by atoms with Crippen molar-refractivity contribution in [1.29, 1.82) is 0 Å². The highest BCUT2D eigenvalue weighted by molar-refractivity contribution is 7.13. The Balaban J connectivity index is 1.68. The van der Waals surface area contributed by atoms with Crippen LogP contribution >= 0.6 is 11.3 Å². The normalized spacial score (nSPS) is 24.7. The van der Waals surface area contributed by atoms with Crippen LogP contribution in [-0.2, 0) is 6.42 Å². The van der Waals surface area contributed by atoms with Crippen LogP contribution < -0.4 is 5.73 Å². The van der Waals surface area contributed by atoms with Crippen LogP contribution in [0.1, 0.15) is 19.0 Å². The van der Waals surface area contributed by atoms with Gasteiger partial charge in [0.15, 0.2) is 5.13 Å². The first-order chi connectivity index (χ1) is 7.15. The van der Waals surface area contributed by atoms with Crippen molar-refractivity contribution in [2.24, 2.45) is 11.8 Å². The molecule has 0 amide bonds. The summed E-state index contributed by atoms with van der Waals surface area (Å²) >= 11 is 1.53. The Kier molecular flexibility index (Phi) is 3.26. The Morgan fingerprint density at radius 2 is 2.40 bits per heavy atom. The smallest absolute Gasteiger partial charge is 0.180 e. The van der Waals surface area contributed by atoms with E-state index in [4.69, 9.17) is 5.73 Å². The lowest BCUT2D eigenvalue weighted by molar-refractivity contribution is 0.318. The second-order valence-electron chi connectivity index (χ2n) is 4.66. The van der Waals surface area contributed by atoms with Gasteiger partial charge >= 0.3 is 0 Å². The van der Waals surface area contributed by atoms with Crippen molar-refractivity contribution in [2.75, 3.05) is 25.9 Å². The van der Waals surface area contributed by atoms with E-state index < -0.39 is 0 Å². The van der Waals surface area contributed by atoms with E-state index in [0.29, 0.717) is 5.13 Å². The van der Waals surface area contributed by atoms with Gasteiger partial charge in [0.25, 0.3) is 0 Å². The molecule has 1 aliphatic carbocycles. The van der Waals surface area contributed by atoms with Crippen molar-refractivity contribution in [3.05, 3.63) is 11.1 Å². The van der Waals surface area contributed by atoms with Crippen LogP contribution in [-0.4, -0.2) is 30.0 Å². The zero-order valence-electron chi connectivity index (χ0n) is 9.44. The van der Waals surface area contributed by atoms with Gasteiger partial charge in [0.2, 0.25) is 0 Å². The Bertz CT molecular complexity index is 323. The monoisotopic (exact) mass is 225 g/mol. The first kappa shape index (κ1) is 10.9. The fourth-order valence-corrected chi connectivity index (χ4v) is 2.49. The van der Waals surface area contributed by atoms with E-state index in [9.17, 15) is 0 Å². The van der Waals surface area contributed by atoms with Crippen molar-refractivity contribution < 1.29 is 0 Å². The number of anilines is 1. The Morgan fingerprint density at radius 3 is 2.93 bits per heavy atom. The molecule has 1 aromatic heterocycles. The second-order valence-corrected chi connectivity index (χ2v) is 5.55. The molecular weight excluding hydrogens is 206 g/mol. The summed E-state index contributed by atoms with van der Waals surface area (Å²) in [6.45, 7) is 4.66. The third-order valence-electron chi connectivity index (χ3n) is 3.14. The molecule has 3 nitrogen and oxygen atoms in total. The molecule has 2 rings (SSSR count). The van der Waals surface area contributed by atoms with Gasteiger partial charge in [-0.15, -0.1) is 11.3 Å². The number of hydrogen-bond acceptors (Lipinski definition) is 4. The topological polar surface area (TPSA) is 42.1 Å². The van der Waals surface area contributed by atoms with E-state index in [1.807, 2.05) is 0 Å². The second kappa shape index (κ2) is 4.49. The number of likely N-dealkylation sites (N-methyl/N-ethyl adjacent to an activating group) is 1. The minimum absolute atomic E-state index is 0.684. The summed E-state index contributed by atoms with van der Waals surface area (Å²) < 4.78 is 0. The number of nitrogens with two attached hydrogens (primary N) is 1. The van der Waals surface area contributed by atoms with E-state index in [-0.39, 0.29) is 0 Å². The van der Waals surface area contributed by atoms with Crippen LogP contribution in [0.2, 0.25) is 0 Å². The maximum Gasteiger partial charge on any atom is 0.180 e. The molecule has 1 heterocycles. The third-order valence-corrected chi connectivity index (χ3v) is 3.86. The summed E-state index contributed by atoms with van der Waals surface area (Å²) in [5.74, 6) is 1.89. The molecule has 2 unspecified atom stereocenters. The molecule has 0 spiro atoms. The first-order valence-electron chi connectivity index (χ1n) is 5.53. The van der Waals surface area contributed by atoms with Gasteiger partial charge in [-0.25, -0.2) is 4.98 Å². The molecule has 1 aliphatic rings. The SMILES string of the molecule is CC1CC1CN(C)CCc1csc(N)n1. The molecule has 2 atom stereocenters. The molecule has 1 fully saturated rings. The molecule has 1 aromatic rings. The van der Waals surface area contributed by atoms with Crippen LogP contribution in [0.3, 0.4) is 0 Å². The summed E-state index contributed by atoms with van der Waals surface area (Å²) in [5, 5.41) is 2.74. The van der Waals surface area contributed by atoms with E-state index in [0.717, 1.165) is 30.5 Å². The van der Waals surface area contributed by atoms with Crippen LogP contribution in [0.4, 0.5) is 5.13 Å². The lowest BCUT2D eigenvalue weighted by atomic mass is 10.3. The van der Waals surface area contributed by atoms with Gasteiger partial charge < -0.3 is 10.6 Å². The molecule has 4 heteroatoms. The van der Waals surface area contributed by atoms with Gasteiger partial charge in [-0.1, -0.05) is 6.92 Å². The average Bonchev–Trinajstić information content (AvgIpc) is 2.71. The van der Waals surface area contributed by atoms with Gasteiger partial charge in [0.05, 0.1) is 5.69 Å². The number of nitrogen functional groups attached to an aromatic ring is 1. The fraction of sp³-hybridized carbons (Fsp3) is 0.727. The van der Waals surface area contributed by atoms with E-state index in [1.165, 1.54) is 24.3 Å². The predicted molar refractivity (Wildman–Crippen MR) is 65.0 cm³/mol. The predicted octanol–water partition coefficient (Wildman–Crippen LogP) is 1.86. The zero-order valence-corrected chi connectivity index (χ0v) is 10.3. The molecule has 0 saturated heterocycles. The summed E-state index contributed by atoms with van der Waals surface area (Å²) in [6, 6.07) is 0. The van der Waals surface area contributed by atoms with Gasteiger partial charge in [-0.05, 0) is 25.3 Å². The van der Waals surface area contributed by atoms with Gasteiger partial charge in [0.1, 0.15) is 0 Å². The number of nitrogens with zero attached hydrogens (tertiary/aromatic N) is 2. The first-order valence-corrected chi connectivity index (χ1v) is 6.41. The zero-order chi connectivity index (χ0) is 10.8. The Labute approximate surface area is 95.3 Å². The Morgan fingerprint density at radius 1 is 1.67 bits per heavy atom. The van der Waals surface area contributed by atoms with E-state index in [2.05, 4.69) is 29.2 Å². The van der Waals surface area contributed by atoms with Crippen LogP contribution in [0.15, 0.2) is 5.38 Å². The van der Waals surface area contributed by atoms with Gasteiger partial charge in [0, 0.05) is 24.9 Å². The molecule has 0 radical (unpaired) electrons. The van der Waals surface area contributed by atoms with Crippen LogP contribution in [0, 0.1) is 11.8 Å². The number of thiazole rings is 1. The largest absolute Gasteiger partial charge is 0.375 e. The lowest BCUT2D eigenvalue weighted by Gasteiger charge is -2.15. The minimum Gasteiger partial charge on any atom is -0.375 e. The molecule has 1 saturated carbocycles. The molecule has 0 aromatic carbocycles. The molecule has 0 bridgehead atoms. The van der Waals surface area contributed by atoms with E-state index >= 15 is 0 Å². The molecular formula is C11H19N3S. The summed E-state index contributed by atoms with van der Waals surface area (Å²) in [6.07, 6.45) is 2.43. The van der Waals surface area contributed by atoms with Crippen molar-refractivity contribution in [3.8, 4) is 0 Å². The van der Waals surface area contributed by atoms with Crippen molar-refractivity contribution in [3.63, 3.8) is 0 Å². The standard InChI is InChI=1S/C11H19N3S/c1-8-5-9(8)6-14(2)4-3-10-7-15-11(12)13-10/h7-9H,3-6H2,1-2H3,(H2,12,13). The van der Waals surface area contributed by atoms with Gasteiger partial charge in [-0.2, -0.15) is 0 Å². The molecule has 15 heavy (non-hydrogen) atoms. The quantitative estimate of drug-likeness (QED) is 0.831. The van der Waals surface area contributed by atoms with Crippen molar-refractivity contribution >= 4 is 16.5 Å². The third kappa shape index (κ3) is 3.18. The summed E-state index contributed by atoms with van der Waals surface area (Å²) in [4.78, 5) is 6.67. The number of rotatable bonds is 5. The highest BCUT2D eigenvalue weighted by Gasteiger charge is 2.32. The lowest BCUT2D eigenvalue weighted by Crippen LogP contribution is -2.24. The highest BCUT2D eigenvalue weighted by Crippen LogP contribution is 2.37. The minimum atomic E-state index is 0.684. The van der Waals surface area contributed by atoms with Crippen molar-refractivity contribution in [2.45, 2.75) is 19.8 Å². The number of hydrogen-bond donors (Lipinski definition) is 1. The fourth-order valence-electron chi connectivity index (χ4n) is 1.89. The Hall–Kier alpha value is -0.610. The summed E-state index contributed by atoms with van der Waals surface area (Å²) in [7, 11) is 2.20. The average molecular weight is 225 g/mol. The summed E-state index contributed by atoms with van der Waals surface area (Å²) in [5.41, 5.74) is 6.72. The molecule has 2 N–H and O–H groups in total. The number of aromatic nitrogens is 1. The van der Waals surface area contributed by atoms with Crippen LogP contribution in [0.5, 0.6) is 0 Å². The highest BCUT2D eigenvalue weighted by atomic mass is 32.1. The van der Waals surface area contributed by atoms with E-state index in [1.54, 1.807) is 0 Å². The van der Waals surface area contributed by atoms with Crippen LogP contribution in [0.25, 0.3) is 0 Å².